The van der Waals surface area contributed by atoms with Gasteiger partial charge in [-0.05, 0) is 43.4 Å². The summed E-state index contributed by atoms with van der Waals surface area (Å²) in [4.78, 5) is 12.1. The van der Waals surface area contributed by atoms with Crippen molar-refractivity contribution in [2.75, 3.05) is 0 Å². The molecule has 0 amide bonds. The number of allylic oxidation sites excluding steroid dienone is 2. The van der Waals surface area contributed by atoms with Crippen LogP contribution in [0.3, 0.4) is 0 Å². The molecule has 0 saturated heterocycles. The first-order valence-corrected chi connectivity index (χ1v) is 6.35. The van der Waals surface area contributed by atoms with Crippen LogP contribution in [0.4, 0.5) is 8.78 Å². The molecule has 1 aromatic rings. The van der Waals surface area contributed by atoms with Crippen LogP contribution < -0.4 is 0 Å². The number of ketones is 1. The summed E-state index contributed by atoms with van der Waals surface area (Å²) in [6, 6.07) is 1.73. The minimum absolute atomic E-state index is 0.231. The van der Waals surface area contributed by atoms with E-state index in [4.69, 9.17) is 11.6 Å². The van der Waals surface area contributed by atoms with Crippen molar-refractivity contribution in [3.63, 3.8) is 0 Å². The highest BCUT2D eigenvalue weighted by Crippen LogP contribution is 2.25. The quantitative estimate of drug-likeness (QED) is 0.563. The normalized spacial score (nSPS) is 16.1. The van der Waals surface area contributed by atoms with E-state index >= 15 is 0 Å². The van der Waals surface area contributed by atoms with Gasteiger partial charge in [0.25, 0.3) is 0 Å². The zero-order valence-corrected chi connectivity index (χ0v) is 10.6. The molecule has 0 aromatic heterocycles. The number of carbonyl (C=O) groups excluding carboxylic acids is 1. The van der Waals surface area contributed by atoms with Crippen LogP contribution in [0.25, 0.3) is 0 Å². The summed E-state index contributed by atoms with van der Waals surface area (Å²) in [5.41, 5.74) is 0.346. The van der Waals surface area contributed by atoms with Gasteiger partial charge < -0.3 is 0 Å². The van der Waals surface area contributed by atoms with Gasteiger partial charge in [-0.3, -0.25) is 4.79 Å². The molecule has 0 unspecified atom stereocenters. The van der Waals surface area contributed by atoms with Gasteiger partial charge in [0.05, 0.1) is 10.6 Å². The van der Waals surface area contributed by atoms with E-state index in [0.29, 0.717) is 12.0 Å². The van der Waals surface area contributed by atoms with Gasteiger partial charge in [0.15, 0.2) is 5.78 Å². The molecule has 0 atom stereocenters. The van der Waals surface area contributed by atoms with Crippen molar-refractivity contribution in [3.8, 4) is 0 Å². The van der Waals surface area contributed by atoms with Crippen LogP contribution in [0.1, 0.15) is 42.5 Å². The molecule has 0 N–H and O–H groups in total. The average molecular weight is 271 g/mol. The fourth-order valence-electron chi connectivity index (χ4n) is 2.09. The molecule has 0 saturated carbocycles. The maximum absolute atomic E-state index is 13.6. The largest absolute Gasteiger partial charge is 0.289 e. The molecule has 0 aliphatic heterocycles. The molecule has 18 heavy (non-hydrogen) atoms. The molecule has 1 aromatic carbocycles. The monoisotopic (exact) mass is 270 g/mol. The molecule has 2 rings (SSSR count). The molecule has 1 nitrogen and oxygen atoms in total. The smallest absolute Gasteiger partial charge is 0.191 e. The number of hydrogen-bond acceptors (Lipinski definition) is 1. The van der Waals surface area contributed by atoms with Gasteiger partial charge in [0.1, 0.15) is 11.6 Å². The average Bonchev–Trinajstić information content (AvgIpc) is 2.61. The Morgan fingerprint density at radius 2 is 1.89 bits per heavy atom. The predicted octanol–water partition coefficient (Wildman–Crippen LogP) is 4.69. The van der Waals surface area contributed by atoms with E-state index < -0.39 is 17.4 Å². The Morgan fingerprint density at radius 3 is 2.67 bits per heavy atom. The second-order valence-corrected chi connectivity index (χ2v) is 4.81. The lowest BCUT2D eigenvalue weighted by atomic mass is 9.99. The van der Waals surface area contributed by atoms with Crippen LogP contribution in [-0.2, 0) is 0 Å². The minimum atomic E-state index is -0.768. The van der Waals surface area contributed by atoms with Crippen LogP contribution in [0.5, 0.6) is 0 Å². The van der Waals surface area contributed by atoms with E-state index in [1.54, 1.807) is 0 Å². The number of carbonyl (C=O) groups is 1. The third-order valence-corrected chi connectivity index (χ3v) is 3.38. The number of rotatable bonds is 2. The van der Waals surface area contributed by atoms with Crippen LogP contribution in [0.2, 0.25) is 5.02 Å². The Balaban J connectivity index is 2.33. The molecule has 0 spiro atoms. The van der Waals surface area contributed by atoms with E-state index in [2.05, 4.69) is 0 Å². The van der Waals surface area contributed by atoms with Crippen molar-refractivity contribution in [1.82, 2.24) is 0 Å². The third-order valence-electron chi connectivity index (χ3n) is 3.09. The van der Waals surface area contributed by atoms with Crippen molar-refractivity contribution in [1.29, 1.82) is 0 Å². The summed E-state index contributed by atoms with van der Waals surface area (Å²) in [5, 5.41) is -0.307. The van der Waals surface area contributed by atoms with Crippen molar-refractivity contribution in [3.05, 3.63) is 46.0 Å². The Bertz CT molecular complexity index is 509. The standard InChI is InChI=1S/C14H13ClF2O/c15-11-8-12(16)10(7-13(11)17)14(18)9-5-3-1-2-4-6-9/h5,7-8H,1-4,6H2. The van der Waals surface area contributed by atoms with E-state index in [1.165, 1.54) is 0 Å². The Morgan fingerprint density at radius 1 is 1.11 bits per heavy atom. The lowest BCUT2D eigenvalue weighted by Crippen LogP contribution is -2.07. The Labute approximate surface area is 109 Å². The van der Waals surface area contributed by atoms with Gasteiger partial charge in [-0.1, -0.05) is 24.1 Å². The van der Waals surface area contributed by atoms with Crippen molar-refractivity contribution < 1.29 is 13.6 Å². The second kappa shape index (κ2) is 5.61. The molecule has 4 heteroatoms. The Kier molecular flexibility index (Phi) is 4.12. The summed E-state index contributed by atoms with van der Waals surface area (Å²) in [6.07, 6.45) is 6.29. The molecule has 96 valence electrons. The van der Waals surface area contributed by atoms with E-state index in [0.717, 1.165) is 37.8 Å². The number of halogens is 3. The first kappa shape index (κ1) is 13.2. The van der Waals surface area contributed by atoms with Gasteiger partial charge in [-0.15, -0.1) is 0 Å². The lowest BCUT2D eigenvalue weighted by molar-refractivity contribution is 0.102. The fraction of sp³-hybridized carbons (Fsp3) is 0.357. The first-order chi connectivity index (χ1) is 8.59. The molecular weight excluding hydrogens is 258 g/mol. The maximum atomic E-state index is 13.6. The zero-order valence-electron chi connectivity index (χ0n) is 9.81. The maximum Gasteiger partial charge on any atom is 0.191 e. The van der Waals surface area contributed by atoms with Crippen LogP contribution >= 0.6 is 11.6 Å². The topological polar surface area (TPSA) is 17.1 Å². The van der Waals surface area contributed by atoms with Gasteiger partial charge in [-0.25, -0.2) is 8.78 Å². The molecule has 1 aliphatic carbocycles. The number of Topliss-reactive ketones (excluding diaryl/α,β-unsaturated/α-hetero) is 1. The van der Waals surface area contributed by atoms with E-state index in [9.17, 15) is 13.6 Å². The van der Waals surface area contributed by atoms with E-state index in [1.807, 2.05) is 6.08 Å². The summed E-state index contributed by atoms with van der Waals surface area (Å²) < 4.78 is 26.9. The van der Waals surface area contributed by atoms with Crippen molar-refractivity contribution in [2.24, 2.45) is 0 Å². The molecule has 0 bridgehead atoms. The minimum Gasteiger partial charge on any atom is -0.289 e. The molecule has 1 aliphatic rings. The van der Waals surface area contributed by atoms with Gasteiger partial charge in [0, 0.05) is 0 Å². The van der Waals surface area contributed by atoms with Crippen LogP contribution in [0.15, 0.2) is 23.8 Å². The first-order valence-electron chi connectivity index (χ1n) is 5.98. The highest BCUT2D eigenvalue weighted by atomic mass is 35.5. The fourth-order valence-corrected chi connectivity index (χ4v) is 2.24. The highest BCUT2D eigenvalue weighted by molar-refractivity contribution is 6.30. The summed E-state index contributed by atoms with van der Waals surface area (Å²) in [5.74, 6) is -1.96. The van der Waals surface area contributed by atoms with Gasteiger partial charge in [0.2, 0.25) is 0 Å². The molecular formula is C14H13ClF2O. The van der Waals surface area contributed by atoms with Crippen LogP contribution in [-0.4, -0.2) is 5.78 Å². The zero-order chi connectivity index (χ0) is 13.1. The van der Waals surface area contributed by atoms with Crippen molar-refractivity contribution >= 4 is 17.4 Å². The predicted molar refractivity (Wildman–Crippen MR) is 66.9 cm³/mol. The van der Waals surface area contributed by atoms with Crippen LogP contribution in [0, 0.1) is 11.6 Å². The van der Waals surface area contributed by atoms with Crippen molar-refractivity contribution in [2.45, 2.75) is 32.1 Å². The SMILES string of the molecule is O=C(C1=CCCCCC1)c1cc(F)c(Cl)cc1F. The summed E-state index contributed by atoms with van der Waals surface area (Å²) in [7, 11) is 0. The molecule has 0 radical (unpaired) electrons. The second-order valence-electron chi connectivity index (χ2n) is 4.40. The summed E-state index contributed by atoms with van der Waals surface area (Å²) in [6.45, 7) is 0. The van der Waals surface area contributed by atoms with Gasteiger partial charge >= 0.3 is 0 Å². The summed E-state index contributed by atoms with van der Waals surface area (Å²) >= 11 is 5.46. The lowest BCUT2D eigenvalue weighted by Gasteiger charge is -2.06. The molecule has 0 heterocycles. The van der Waals surface area contributed by atoms with E-state index in [-0.39, 0.29) is 10.6 Å². The highest BCUT2D eigenvalue weighted by Gasteiger charge is 2.19. The Hall–Kier alpha value is -1.22. The number of hydrogen-bond donors (Lipinski definition) is 0. The third kappa shape index (κ3) is 2.78. The molecule has 0 fully saturated rings. The number of benzene rings is 1. The van der Waals surface area contributed by atoms with Gasteiger partial charge in [-0.2, -0.15) is 0 Å².